The van der Waals surface area contributed by atoms with E-state index in [1.165, 1.54) is 18.3 Å². The summed E-state index contributed by atoms with van der Waals surface area (Å²) in [5.74, 6) is -4.79. The van der Waals surface area contributed by atoms with Gasteiger partial charge in [0, 0.05) is 12.3 Å². The molecular weight excluding hydrogens is 428 g/mol. The monoisotopic (exact) mass is 448 g/mol. The lowest BCUT2D eigenvalue weighted by Crippen LogP contribution is -2.46. The molecule has 168 valence electrons. The van der Waals surface area contributed by atoms with Crippen molar-refractivity contribution in [2.24, 2.45) is 0 Å². The predicted octanol–water partition coefficient (Wildman–Crippen LogP) is 4.30. The van der Waals surface area contributed by atoms with Crippen LogP contribution in [0.15, 0.2) is 48.7 Å². The van der Waals surface area contributed by atoms with Gasteiger partial charge in [0.05, 0.1) is 35.4 Å². The molecule has 0 aliphatic carbocycles. The number of nitrogens with one attached hydrogen (secondary N) is 1. The second kappa shape index (κ2) is 9.26. The van der Waals surface area contributed by atoms with Crippen molar-refractivity contribution in [3.05, 3.63) is 59.8 Å². The van der Waals surface area contributed by atoms with Crippen LogP contribution in [0.5, 0.6) is 5.75 Å². The molecule has 1 amide bonds. The molecule has 6 nitrogen and oxygen atoms in total. The molecule has 1 N–H and O–H groups in total. The first-order valence-corrected chi connectivity index (χ1v) is 9.67. The minimum Gasteiger partial charge on any atom is -0.488 e. The van der Waals surface area contributed by atoms with Gasteiger partial charge in [-0.25, -0.2) is 8.78 Å². The van der Waals surface area contributed by atoms with E-state index in [1.54, 1.807) is 41.9 Å². The highest BCUT2D eigenvalue weighted by molar-refractivity contribution is 5.83. The Labute approximate surface area is 181 Å². The van der Waals surface area contributed by atoms with Gasteiger partial charge in [0.15, 0.2) is 0 Å². The van der Waals surface area contributed by atoms with E-state index in [4.69, 9.17) is 10.00 Å². The van der Waals surface area contributed by atoms with Crippen molar-refractivity contribution < 1.29 is 27.1 Å². The fourth-order valence-electron chi connectivity index (χ4n) is 3.32. The van der Waals surface area contributed by atoms with Crippen molar-refractivity contribution in [2.45, 2.75) is 38.3 Å². The number of hydrogen-bond acceptors (Lipinski definition) is 4. The van der Waals surface area contributed by atoms with E-state index in [0.29, 0.717) is 29.0 Å². The maximum Gasteiger partial charge on any atom is 0.321 e. The number of rotatable bonds is 8. The second-order valence-electron chi connectivity index (χ2n) is 7.34. The minimum atomic E-state index is -3.57. The Kier molecular flexibility index (Phi) is 6.67. The Morgan fingerprint density at radius 2 is 1.94 bits per heavy atom. The number of halogens is 4. The highest BCUT2D eigenvalue weighted by atomic mass is 19.3. The Morgan fingerprint density at radius 3 is 2.53 bits per heavy atom. The van der Waals surface area contributed by atoms with Crippen LogP contribution in [-0.4, -0.2) is 40.7 Å². The Morgan fingerprint density at radius 1 is 1.25 bits per heavy atom. The average molecular weight is 448 g/mol. The largest absolute Gasteiger partial charge is 0.488 e. The molecule has 0 spiro atoms. The van der Waals surface area contributed by atoms with Crippen molar-refractivity contribution in [1.82, 2.24) is 15.1 Å². The standard InChI is InChI=1S/C22H20F4N4O2/c1-13(29-21(31)22(2,25)26)20(15-4-6-17(7-5-15)32-12-19(23)24)30-18-8-3-14(10-27)9-16(18)11-28-30/h3-9,11,13,19-20H,12H2,1-2H3,(H,29,31)/t13-,20-/m1/s1. The van der Waals surface area contributed by atoms with Crippen LogP contribution in [0.3, 0.4) is 0 Å². The van der Waals surface area contributed by atoms with Gasteiger partial charge in [-0.15, -0.1) is 0 Å². The van der Waals surface area contributed by atoms with Crippen molar-refractivity contribution in [3.63, 3.8) is 0 Å². The number of carbonyl (C=O) groups excluding carboxylic acids is 1. The zero-order valence-corrected chi connectivity index (χ0v) is 17.2. The fourth-order valence-corrected chi connectivity index (χ4v) is 3.32. The summed E-state index contributed by atoms with van der Waals surface area (Å²) >= 11 is 0. The molecule has 1 heterocycles. The van der Waals surface area contributed by atoms with Gasteiger partial charge < -0.3 is 10.1 Å². The zero-order chi connectivity index (χ0) is 23.5. The third kappa shape index (κ3) is 5.17. The van der Waals surface area contributed by atoms with Crippen molar-refractivity contribution in [3.8, 4) is 11.8 Å². The van der Waals surface area contributed by atoms with Gasteiger partial charge in [-0.2, -0.15) is 19.1 Å². The molecule has 2 aromatic carbocycles. The molecule has 3 aromatic rings. The third-order valence-corrected chi connectivity index (χ3v) is 4.82. The normalized spacial score (nSPS) is 13.6. The zero-order valence-electron chi connectivity index (χ0n) is 17.2. The van der Waals surface area contributed by atoms with Gasteiger partial charge in [-0.1, -0.05) is 12.1 Å². The summed E-state index contributed by atoms with van der Waals surface area (Å²) in [4.78, 5) is 11.9. The smallest absolute Gasteiger partial charge is 0.321 e. The molecule has 32 heavy (non-hydrogen) atoms. The molecule has 10 heteroatoms. The van der Waals surface area contributed by atoms with Crippen LogP contribution < -0.4 is 10.1 Å². The molecule has 0 fully saturated rings. The van der Waals surface area contributed by atoms with Crippen molar-refractivity contribution >= 4 is 16.8 Å². The van der Waals surface area contributed by atoms with Crippen LogP contribution in [0.2, 0.25) is 0 Å². The number of alkyl halides is 4. The molecule has 2 atom stereocenters. The first-order valence-electron chi connectivity index (χ1n) is 9.67. The molecule has 1 aromatic heterocycles. The molecule has 0 unspecified atom stereocenters. The lowest BCUT2D eigenvalue weighted by atomic mass is 9.99. The number of benzene rings is 2. The summed E-state index contributed by atoms with van der Waals surface area (Å²) in [7, 11) is 0. The van der Waals surface area contributed by atoms with Gasteiger partial charge in [-0.05, 0) is 42.8 Å². The van der Waals surface area contributed by atoms with Gasteiger partial charge in [0.1, 0.15) is 12.4 Å². The summed E-state index contributed by atoms with van der Waals surface area (Å²) in [5.41, 5.74) is 1.63. The van der Waals surface area contributed by atoms with Gasteiger partial charge in [0.2, 0.25) is 0 Å². The van der Waals surface area contributed by atoms with Crippen LogP contribution in [0.25, 0.3) is 10.9 Å². The molecule has 0 aliphatic rings. The van der Waals surface area contributed by atoms with Crippen LogP contribution in [0, 0.1) is 11.3 Å². The number of nitriles is 1. The van der Waals surface area contributed by atoms with E-state index in [9.17, 15) is 22.4 Å². The number of ether oxygens (including phenoxy) is 1. The number of amides is 1. The highest BCUT2D eigenvalue weighted by Crippen LogP contribution is 2.29. The number of nitrogens with zero attached hydrogens (tertiary/aromatic N) is 3. The molecule has 0 saturated heterocycles. The maximum atomic E-state index is 13.5. The number of carbonyl (C=O) groups is 1. The summed E-state index contributed by atoms with van der Waals surface area (Å²) < 4.78 is 58.3. The molecular formula is C22H20F4N4O2. The summed E-state index contributed by atoms with van der Waals surface area (Å²) in [5, 5.41) is 16.4. The highest BCUT2D eigenvalue weighted by Gasteiger charge is 2.35. The lowest BCUT2D eigenvalue weighted by Gasteiger charge is -2.27. The van der Waals surface area contributed by atoms with Crippen LogP contribution in [-0.2, 0) is 4.79 Å². The van der Waals surface area contributed by atoms with Crippen molar-refractivity contribution in [2.75, 3.05) is 6.61 Å². The van der Waals surface area contributed by atoms with Gasteiger partial charge >= 0.3 is 5.92 Å². The van der Waals surface area contributed by atoms with E-state index >= 15 is 0 Å². The molecule has 0 bridgehead atoms. The van der Waals surface area contributed by atoms with E-state index in [2.05, 4.69) is 10.4 Å². The van der Waals surface area contributed by atoms with Gasteiger partial charge in [-0.3, -0.25) is 9.48 Å². The summed E-state index contributed by atoms with van der Waals surface area (Å²) in [6.07, 6.45) is -1.09. The quantitative estimate of drug-likeness (QED) is 0.521. The van der Waals surface area contributed by atoms with E-state index in [0.717, 1.165) is 0 Å². The van der Waals surface area contributed by atoms with Crippen molar-refractivity contribution in [1.29, 1.82) is 5.26 Å². The number of hydrogen-bond donors (Lipinski definition) is 1. The Bertz CT molecular complexity index is 1130. The number of fused-ring (bicyclic) bond motifs is 1. The summed E-state index contributed by atoms with van der Waals surface area (Å²) in [6.45, 7) is 1.31. The van der Waals surface area contributed by atoms with E-state index in [-0.39, 0.29) is 5.75 Å². The Balaban J connectivity index is 2.00. The van der Waals surface area contributed by atoms with Gasteiger partial charge in [0.25, 0.3) is 12.3 Å². The molecule has 0 radical (unpaired) electrons. The average Bonchev–Trinajstić information content (AvgIpc) is 3.15. The molecule has 0 saturated carbocycles. The topological polar surface area (TPSA) is 79.9 Å². The van der Waals surface area contributed by atoms with Crippen LogP contribution in [0.4, 0.5) is 17.6 Å². The first kappa shape index (κ1) is 23.1. The fraction of sp³-hybridized carbons (Fsp3) is 0.318. The lowest BCUT2D eigenvalue weighted by molar-refractivity contribution is -0.143. The van der Waals surface area contributed by atoms with E-state index in [1.807, 2.05) is 6.07 Å². The third-order valence-electron chi connectivity index (χ3n) is 4.82. The molecule has 3 rings (SSSR count). The maximum absolute atomic E-state index is 13.5. The van der Waals surface area contributed by atoms with Crippen LogP contribution >= 0.6 is 0 Å². The van der Waals surface area contributed by atoms with Crippen LogP contribution in [0.1, 0.15) is 31.0 Å². The van der Waals surface area contributed by atoms with E-state index < -0.39 is 36.9 Å². The first-order chi connectivity index (χ1) is 15.1. The summed E-state index contributed by atoms with van der Waals surface area (Å²) in [6, 6.07) is 11.6. The Hall–Kier alpha value is -3.61. The number of aromatic nitrogens is 2. The predicted molar refractivity (Wildman–Crippen MR) is 109 cm³/mol. The second-order valence-corrected chi connectivity index (χ2v) is 7.34. The minimum absolute atomic E-state index is 0.216. The molecule has 0 aliphatic heterocycles. The SMILES string of the molecule is C[C@@H](NC(=O)C(C)(F)F)[C@H](c1ccc(OCC(F)F)cc1)n1ncc2cc(C#N)ccc21.